The maximum absolute atomic E-state index is 13.5. The number of methoxy groups -OCH3 is 1. The molecule has 42 heavy (non-hydrogen) atoms. The number of nitrogens with one attached hydrogen (secondary N) is 2. The lowest BCUT2D eigenvalue weighted by Crippen LogP contribution is -2.35. The van der Waals surface area contributed by atoms with Gasteiger partial charge in [-0.15, -0.1) is 0 Å². The van der Waals surface area contributed by atoms with Gasteiger partial charge in [0.2, 0.25) is 0 Å². The monoisotopic (exact) mass is 579 g/mol. The molecule has 0 spiro atoms. The smallest absolute Gasteiger partial charge is 0.415 e. The van der Waals surface area contributed by atoms with Crippen LogP contribution in [0, 0.1) is 11.8 Å². The molecular formula is C29H37N7O6. The third-order valence-corrected chi connectivity index (χ3v) is 8.23. The van der Waals surface area contributed by atoms with E-state index in [1.165, 1.54) is 15.6 Å². The molecule has 2 N–H and O–H groups in total. The first-order valence-corrected chi connectivity index (χ1v) is 14.3. The van der Waals surface area contributed by atoms with Crippen LogP contribution in [0.15, 0.2) is 35.4 Å². The summed E-state index contributed by atoms with van der Waals surface area (Å²) < 4.78 is 19.7. The van der Waals surface area contributed by atoms with Gasteiger partial charge in [-0.05, 0) is 52.2 Å². The maximum Gasteiger partial charge on any atom is 0.415 e. The minimum absolute atomic E-state index is 0.0299. The predicted molar refractivity (Wildman–Crippen MR) is 154 cm³/mol. The Morgan fingerprint density at radius 3 is 2.64 bits per heavy atom. The Hall–Kier alpha value is -3.97. The fraction of sp³-hybridized carbons (Fsp3) is 0.552. The lowest BCUT2D eigenvalue weighted by atomic mass is 10.2. The van der Waals surface area contributed by atoms with Crippen LogP contribution in [0.2, 0.25) is 0 Å². The van der Waals surface area contributed by atoms with E-state index in [1.54, 1.807) is 57.8 Å². The molecule has 3 aliphatic rings. The van der Waals surface area contributed by atoms with Crippen molar-refractivity contribution in [3.05, 3.63) is 46.5 Å². The van der Waals surface area contributed by atoms with Gasteiger partial charge in [0.25, 0.3) is 11.5 Å². The fourth-order valence-electron chi connectivity index (χ4n) is 5.98. The van der Waals surface area contributed by atoms with E-state index in [1.807, 2.05) is 6.07 Å². The Balaban J connectivity index is 1.35. The normalized spacial score (nSPS) is 24.8. The molecule has 0 aromatic carbocycles. The summed E-state index contributed by atoms with van der Waals surface area (Å²) in [5.41, 5.74) is -0.103. The Morgan fingerprint density at radius 2 is 1.95 bits per heavy atom. The Bertz CT molecular complexity index is 1570. The van der Waals surface area contributed by atoms with E-state index in [4.69, 9.17) is 14.2 Å². The van der Waals surface area contributed by atoms with Gasteiger partial charge in [-0.3, -0.25) is 14.5 Å². The van der Waals surface area contributed by atoms with Gasteiger partial charge in [0, 0.05) is 50.3 Å². The fourth-order valence-corrected chi connectivity index (χ4v) is 5.98. The van der Waals surface area contributed by atoms with Crippen molar-refractivity contribution in [1.29, 1.82) is 0 Å². The molecular weight excluding hydrogens is 542 g/mol. The minimum Gasteiger partial charge on any atom is -0.443 e. The number of amides is 2. The molecule has 2 saturated carbocycles. The molecule has 224 valence electrons. The summed E-state index contributed by atoms with van der Waals surface area (Å²) >= 11 is 0. The highest BCUT2D eigenvalue weighted by molar-refractivity contribution is 6.00. The molecule has 5 atom stereocenters. The second-order valence-corrected chi connectivity index (χ2v) is 12.3. The molecule has 1 aliphatic heterocycles. The van der Waals surface area contributed by atoms with Crippen LogP contribution in [-0.2, 0) is 14.2 Å². The van der Waals surface area contributed by atoms with Crippen LogP contribution >= 0.6 is 0 Å². The highest BCUT2D eigenvalue weighted by Crippen LogP contribution is 2.53. The molecule has 13 nitrogen and oxygen atoms in total. The number of fused-ring (bicyclic) bond motifs is 2. The van der Waals surface area contributed by atoms with Crippen molar-refractivity contribution >= 4 is 35.0 Å². The first kappa shape index (κ1) is 28.2. The van der Waals surface area contributed by atoms with E-state index < -0.39 is 11.7 Å². The van der Waals surface area contributed by atoms with E-state index in [9.17, 15) is 14.4 Å². The number of hydrogen-bond donors (Lipinski definition) is 2. The Kier molecular flexibility index (Phi) is 7.17. The summed E-state index contributed by atoms with van der Waals surface area (Å²) in [6, 6.07) is 5.19. The van der Waals surface area contributed by atoms with Crippen LogP contribution in [0.3, 0.4) is 0 Å². The van der Waals surface area contributed by atoms with Gasteiger partial charge in [-0.25, -0.2) is 9.78 Å². The van der Waals surface area contributed by atoms with Crippen LogP contribution in [0.25, 0.3) is 5.65 Å². The number of nitrogens with zero attached hydrogens (tertiary/aromatic N) is 5. The molecule has 4 heterocycles. The van der Waals surface area contributed by atoms with Crippen molar-refractivity contribution in [2.75, 3.05) is 37.6 Å². The summed E-state index contributed by atoms with van der Waals surface area (Å²) in [6.45, 7) is 6.67. The van der Waals surface area contributed by atoms with Crippen LogP contribution in [-0.4, -0.2) is 76.3 Å². The molecule has 1 unspecified atom stereocenters. The SMILES string of the molecule is CO[C@@H]1CC[C@@H](NC(=O)c2cnn3c(N(C)C(=O)OC(C)(C)C)cc(Nc4cccn(C5[C@H]6COC[C@@H]56)c4=O)nc23)C1. The number of anilines is 3. The van der Waals surface area contributed by atoms with Crippen LogP contribution in [0.5, 0.6) is 0 Å². The van der Waals surface area contributed by atoms with E-state index in [2.05, 4.69) is 20.7 Å². The molecule has 6 rings (SSSR count). The van der Waals surface area contributed by atoms with Crippen molar-refractivity contribution in [2.24, 2.45) is 11.8 Å². The van der Waals surface area contributed by atoms with Crippen molar-refractivity contribution in [1.82, 2.24) is 24.5 Å². The van der Waals surface area contributed by atoms with Crippen LogP contribution in [0.4, 0.5) is 22.1 Å². The number of pyridine rings is 1. The lowest BCUT2D eigenvalue weighted by molar-refractivity contribution is 0.0587. The van der Waals surface area contributed by atoms with Gasteiger partial charge >= 0.3 is 6.09 Å². The molecule has 0 radical (unpaired) electrons. The standard InChI is InChI=1S/C29H37N7O6/c1-29(2,3)42-28(39)34(4)23-12-22(32-21-7-6-10-35(27(21)38)24-19-14-41-15-20(19)24)33-25-18(13-30-36(23)25)26(37)31-16-8-9-17(11-16)40-5/h6-7,10,12-13,16-17,19-20,24H,8-9,11,14-15H2,1-5H3,(H,31,37)(H,32,33)/t16-,17-,19-,20+,24?/m1/s1. The van der Waals surface area contributed by atoms with Crippen molar-refractivity contribution in [3.63, 3.8) is 0 Å². The largest absolute Gasteiger partial charge is 0.443 e. The van der Waals surface area contributed by atoms with Gasteiger partial charge in [0.15, 0.2) is 5.65 Å². The predicted octanol–water partition coefficient (Wildman–Crippen LogP) is 3.12. The molecule has 3 aromatic rings. The Morgan fingerprint density at radius 1 is 1.19 bits per heavy atom. The second-order valence-electron chi connectivity index (χ2n) is 12.3. The Labute approximate surface area is 243 Å². The molecule has 2 aliphatic carbocycles. The zero-order chi connectivity index (χ0) is 29.8. The number of rotatable bonds is 7. The molecule has 2 amide bonds. The van der Waals surface area contributed by atoms with Gasteiger partial charge in [0.05, 0.1) is 25.5 Å². The summed E-state index contributed by atoms with van der Waals surface area (Å²) in [6.07, 6.45) is 5.14. The van der Waals surface area contributed by atoms with Crippen molar-refractivity contribution < 1.29 is 23.8 Å². The topological polar surface area (TPSA) is 141 Å². The molecule has 3 fully saturated rings. The molecule has 13 heteroatoms. The van der Waals surface area contributed by atoms with Gasteiger partial charge in [-0.1, -0.05) is 0 Å². The van der Waals surface area contributed by atoms with E-state index in [0.29, 0.717) is 36.6 Å². The molecule has 0 bridgehead atoms. The summed E-state index contributed by atoms with van der Waals surface area (Å²) in [5.74, 6) is 0.965. The second kappa shape index (κ2) is 10.7. The zero-order valence-electron chi connectivity index (χ0n) is 24.5. The first-order chi connectivity index (χ1) is 20.0. The number of hydrogen-bond acceptors (Lipinski definition) is 9. The molecule has 1 saturated heterocycles. The van der Waals surface area contributed by atoms with Crippen LogP contribution < -0.4 is 21.1 Å². The zero-order valence-corrected chi connectivity index (χ0v) is 24.5. The average Bonchev–Trinajstić information content (AvgIpc) is 3.39. The number of ether oxygens (including phenoxy) is 3. The third kappa shape index (κ3) is 5.34. The van der Waals surface area contributed by atoms with Gasteiger partial charge in [0.1, 0.15) is 28.5 Å². The lowest BCUT2D eigenvalue weighted by Gasteiger charge is -2.25. The van der Waals surface area contributed by atoms with Crippen LogP contribution in [0.1, 0.15) is 56.4 Å². The highest BCUT2D eigenvalue weighted by Gasteiger charge is 2.55. The number of carbonyl (C=O) groups excluding carboxylic acids is 2. The summed E-state index contributed by atoms with van der Waals surface area (Å²) in [5, 5.41) is 10.6. The summed E-state index contributed by atoms with van der Waals surface area (Å²) in [4.78, 5) is 45.9. The van der Waals surface area contributed by atoms with Crippen molar-refractivity contribution in [3.8, 4) is 0 Å². The average molecular weight is 580 g/mol. The van der Waals surface area contributed by atoms with Crippen molar-refractivity contribution in [2.45, 2.75) is 63.8 Å². The molecule has 3 aromatic heterocycles. The number of aromatic nitrogens is 4. The quantitative estimate of drug-likeness (QED) is 0.432. The van der Waals surface area contributed by atoms with E-state index >= 15 is 0 Å². The van der Waals surface area contributed by atoms with Gasteiger partial charge in [-0.2, -0.15) is 9.61 Å². The highest BCUT2D eigenvalue weighted by atomic mass is 16.6. The van der Waals surface area contributed by atoms with Gasteiger partial charge < -0.3 is 29.4 Å². The third-order valence-electron chi connectivity index (χ3n) is 8.23. The first-order valence-electron chi connectivity index (χ1n) is 14.3. The van der Waals surface area contributed by atoms with E-state index in [-0.39, 0.29) is 46.7 Å². The maximum atomic E-state index is 13.5. The summed E-state index contributed by atoms with van der Waals surface area (Å²) in [7, 11) is 3.23. The van der Waals surface area contributed by atoms with E-state index in [0.717, 1.165) is 19.3 Å². The number of carbonyl (C=O) groups is 2. The minimum atomic E-state index is -0.726.